The average Bonchev–Trinajstić information content (AvgIpc) is 2.49. The fourth-order valence-corrected chi connectivity index (χ4v) is 2.57. The molecule has 0 unspecified atom stereocenters. The fraction of sp³-hybridized carbons (Fsp3) is 0.273. The van der Waals surface area contributed by atoms with Crippen LogP contribution in [0.2, 0.25) is 0 Å². The van der Waals surface area contributed by atoms with E-state index in [4.69, 9.17) is 4.74 Å². The predicted octanol–water partition coefficient (Wildman–Crippen LogP) is 3.36. The summed E-state index contributed by atoms with van der Waals surface area (Å²) < 4.78 is 6.49. The number of hydrogen-bond donors (Lipinski definition) is 0. The zero-order valence-electron chi connectivity index (χ0n) is 7.83. The van der Waals surface area contributed by atoms with Crippen molar-refractivity contribution >= 4 is 21.4 Å². The van der Waals surface area contributed by atoms with Gasteiger partial charge < -0.3 is 4.74 Å². The Balaban J connectivity index is 2.55. The molecule has 0 fully saturated rings. The van der Waals surface area contributed by atoms with E-state index in [0.29, 0.717) is 0 Å². The number of fused-ring (bicyclic) bond motifs is 1. The third kappa shape index (κ3) is 1.60. The first-order valence-corrected chi connectivity index (χ1v) is 5.10. The van der Waals surface area contributed by atoms with Crippen LogP contribution in [0, 0.1) is 6.92 Å². The molecule has 1 aromatic heterocycles. The molecule has 0 amide bonds. The average molecular weight is 192 g/mol. The van der Waals surface area contributed by atoms with Crippen LogP contribution in [0.4, 0.5) is 0 Å². The molecule has 0 bridgehead atoms. The van der Waals surface area contributed by atoms with E-state index in [0.717, 1.165) is 6.61 Å². The molecule has 13 heavy (non-hydrogen) atoms. The number of aryl methyl sites for hydroxylation is 1. The molecule has 2 aromatic rings. The Bertz CT molecular complexity index is 417. The van der Waals surface area contributed by atoms with Gasteiger partial charge in [-0.25, -0.2) is 0 Å². The van der Waals surface area contributed by atoms with Crippen molar-refractivity contribution in [2.24, 2.45) is 0 Å². The Hall–Kier alpha value is -0.860. The number of methoxy groups -OCH3 is 1. The van der Waals surface area contributed by atoms with Crippen molar-refractivity contribution in [3.63, 3.8) is 0 Å². The Morgan fingerprint density at radius 3 is 2.92 bits per heavy atom. The third-order valence-corrected chi connectivity index (χ3v) is 3.34. The van der Waals surface area contributed by atoms with E-state index in [-0.39, 0.29) is 0 Å². The maximum atomic E-state index is 5.11. The lowest BCUT2D eigenvalue weighted by atomic mass is 10.2. The van der Waals surface area contributed by atoms with Crippen molar-refractivity contribution in [3.8, 4) is 0 Å². The molecule has 1 nitrogen and oxygen atoms in total. The van der Waals surface area contributed by atoms with E-state index >= 15 is 0 Å². The minimum Gasteiger partial charge on any atom is -0.379 e. The molecule has 0 N–H and O–H groups in total. The summed E-state index contributed by atoms with van der Waals surface area (Å²) in [5, 5.41) is 1.33. The molecule has 1 heterocycles. The molecule has 0 atom stereocenters. The van der Waals surface area contributed by atoms with Crippen LogP contribution in [-0.2, 0) is 11.3 Å². The van der Waals surface area contributed by atoms with Crippen molar-refractivity contribution in [1.29, 1.82) is 0 Å². The summed E-state index contributed by atoms with van der Waals surface area (Å²) in [6.45, 7) is 2.87. The van der Waals surface area contributed by atoms with E-state index in [1.165, 1.54) is 20.5 Å². The van der Waals surface area contributed by atoms with Crippen molar-refractivity contribution in [3.05, 3.63) is 34.7 Å². The van der Waals surface area contributed by atoms with Gasteiger partial charge in [-0.2, -0.15) is 0 Å². The molecule has 0 aliphatic carbocycles. The normalized spacial score (nSPS) is 10.9. The molecule has 0 spiro atoms. The SMILES string of the molecule is COCc1cc2cccc(C)c2s1. The molecule has 0 radical (unpaired) electrons. The molecule has 2 heteroatoms. The first-order valence-electron chi connectivity index (χ1n) is 4.28. The van der Waals surface area contributed by atoms with Crippen molar-refractivity contribution < 1.29 is 4.74 Å². The van der Waals surface area contributed by atoms with Gasteiger partial charge in [-0.1, -0.05) is 18.2 Å². The second kappa shape index (κ2) is 3.48. The van der Waals surface area contributed by atoms with Gasteiger partial charge in [0.25, 0.3) is 0 Å². The van der Waals surface area contributed by atoms with E-state index < -0.39 is 0 Å². The lowest BCUT2D eigenvalue weighted by molar-refractivity contribution is 0.187. The number of benzene rings is 1. The van der Waals surface area contributed by atoms with Gasteiger partial charge in [0.05, 0.1) is 6.61 Å². The second-order valence-electron chi connectivity index (χ2n) is 3.14. The van der Waals surface area contributed by atoms with Gasteiger partial charge in [-0.05, 0) is 23.9 Å². The van der Waals surface area contributed by atoms with Crippen LogP contribution in [0.3, 0.4) is 0 Å². The first-order chi connectivity index (χ1) is 6.31. The summed E-state index contributed by atoms with van der Waals surface area (Å²) in [4.78, 5) is 1.30. The topological polar surface area (TPSA) is 9.23 Å². The Kier molecular flexibility index (Phi) is 2.34. The molecule has 0 saturated carbocycles. The highest BCUT2D eigenvalue weighted by atomic mass is 32.1. The maximum Gasteiger partial charge on any atom is 0.0806 e. The van der Waals surface area contributed by atoms with Crippen molar-refractivity contribution in [2.75, 3.05) is 7.11 Å². The van der Waals surface area contributed by atoms with Gasteiger partial charge in [0.2, 0.25) is 0 Å². The van der Waals surface area contributed by atoms with E-state index in [2.05, 4.69) is 31.2 Å². The van der Waals surface area contributed by atoms with Gasteiger partial charge in [0.1, 0.15) is 0 Å². The number of ether oxygens (including phenoxy) is 1. The molecule has 68 valence electrons. The Labute approximate surface area is 82.0 Å². The molecule has 1 aromatic carbocycles. The monoisotopic (exact) mass is 192 g/mol. The second-order valence-corrected chi connectivity index (χ2v) is 4.28. The summed E-state index contributed by atoms with van der Waals surface area (Å²) in [7, 11) is 1.73. The zero-order chi connectivity index (χ0) is 9.26. The lowest BCUT2D eigenvalue weighted by Gasteiger charge is -1.92. The Morgan fingerprint density at radius 2 is 2.23 bits per heavy atom. The summed E-state index contributed by atoms with van der Waals surface area (Å²) in [6, 6.07) is 8.60. The summed E-state index contributed by atoms with van der Waals surface area (Å²) in [6.07, 6.45) is 0. The van der Waals surface area contributed by atoms with Gasteiger partial charge in [0, 0.05) is 16.7 Å². The quantitative estimate of drug-likeness (QED) is 0.709. The largest absolute Gasteiger partial charge is 0.379 e. The molecule has 0 aliphatic rings. The highest BCUT2D eigenvalue weighted by Gasteiger charge is 2.02. The molecular weight excluding hydrogens is 180 g/mol. The van der Waals surface area contributed by atoms with Crippen LogP contribution in [0.1, 0.15) is 10.4 Å². The van der Waals surface area contributed by atoms with E-state index in [9.17, 15) is 0 Å². The van der Waals surface area contributed by atoms with Crippen LogP contribution in [-0.4, -0.2) is 7.11 Å². The minimum atomic E-state index is 0.721. The lowest BCUT2D eigenvalue weighted by Crippen LogP contribution is -1.79. The van der Waals surface area contributed by atoms with Crippen LogP contribution in [0.15, 0.2) is 24.3 Å². The Morgan fingerprint density at radius 1 is 1.38 bits per heavy atom. The van der Waals surface area contributed by atoms with E-state index in [1.807, 2.05) is 11.3 Å². The summed E-state index contributed by atoms with van der Waals surface area (Å²) in [5.41, 5.74) is 1.35. The third-order valence-electron chi connectivity index (χ3n) is 2.08. The number of rotatable bonds is 2. The van der Waals surface area contributed by atoms with Gasteiger partial charge in [-0.15, -0.1) is 11.3 Å². The van der Waals surface area contributed by atoms with Gasteiger partial charge in [-0.3, -0.25) is 0 Å². The molecule has 0 aliphatic heterocycles. The van der Waals surface area contributed by atoms with Crippen molar-refractivity contribution in [2.45, 2.75) is 13.5 Å². The predicted molar refractivity (Wildman–Crippen MR) is 57.3 cm³/mol. The van der Waals surface area contributed by atoms with Gasteiger partial charge in [0.15, 0.2) is 0 Å². The van der Waals surface area contributed by atoms with Crippen LogP contribution in [0.25, 0.3) is 10.1 Å². The van der Waals surface area contributed by atoms with Crippen LogP contribution in [0.5, 0.6) is 0 Å². The van der Waals surface area contributed by atoms with Gasteiger partial charge >= 0.3 is 0 Å². The summed E-state index contributed by atoms with van der Waals surface area (Å²) >= 11 is 1.82. The highest BCUT2D eigenvalue weighted by molar-refractivity contribution is 7.19. The van der Waals surface area contributed by atoms with Crippen LogP contribution >= 0.6 is 11.3 Å². The molecule has 2 rings (SSSR count). The highest BCUT2D eigenvalue weighted by Crippen LogP contribution is 2.28. The molecular formula is C11H12OS. The molecule has 0 saturated heterocycles. The zero-order valence-corrected chi connectivity index (χ0v) is 8.65. The summed E-state index contributed by atoms with van der Waals surface area (Å²) in [5.74, 6) is 0. The number of thiophene rings is 1. The first kappa shape index (κ1) is 8.73. The number of hydrogen-bond acceptors (Lipinski definition) is 2. The maximum absolute atomic E-state index is 5.11. The van der Waals surface area contributed by atoms with Crippen molar-refractivity contribution in [1.82, 2.24) is 0 Å². The van der Waals surface area contributed by atoms with Crippen LogP contribution < -0.4 is 0 Å². The van der Waals surface area contributed by atoms with E-state index in [1.54, 1.807) is 7.11 Å². The standard InChI is InChI=1S/C11H12OS/c1-8-4-3-5-9-6-10(7-12-2)13-11(8)9/h3-6H,7H2,1-2H3. The fourth-order valence-electron chi connectivity index (χ4n) is 1.48. The smallest absolute Gasteiger partial charge is 0.0806 e. The minimum absolute atomic E-state index is 0.721.